The molecule has 0 aliphatic heterocycles. The molecule has 0 atom stereocenters. The minimum absolute atomic E-state index is 0.130. The second-order valence-corrected chi connectivity index (χ2v) is 7.76. The number of aliphatic carboxylic acids is 1. The summed E-state index contributed by atoms with van der Waals surface area (Å²) in [6.07, 6.45) is -1.10. The van der Waals surface area contributed by atoms with E-state index in [0.717, 1.165) is 23.9 Å². The van der Waals surface area contributed by atoms with Gasteiger partial charge in [-0.3, -0.25) is 9.59 Å². The van der Waals surface area contributed by atoms with E-state index < -0.39 is 35.7 Å². The highest BCUT2D eigenvalue weighted by Crippen LogP contribution is 2.36. The molecule has 6 N–H and O–H groups in total. The third kappa shape index (κ3) is 7.01. The first-order valence-electron chi connectivity index (χ1n) is 10.3. The molecule has 1 aromatic heterocycles. The number of nitrogens with two attached hydrogens (primary N) is 2. The summed E-state index contributed by atoms with van der Waals surface area (Å²) >= 11 is 0. The monoisotopic (exact) mass is 467 g/mol. The Hall–Kier alpha value is -3.47. The van der Waals surface area contributed by atoms with Gasteiger partial charge in [-0.15, -0.1) is 0 Å². The number of aromatic nitrogens is 1. The van der Waals surface area contributed by atoms with Gasteiger partial charge in [0.1, 0.15) is 5.69 Å². The van der Waals surface area contributed by atoms with Crippen molar-refractivity contribution in [3.05, 3.63) is 65.2 Å². The van der Waals surface area contributed by atoms with Crippen molar-refractivity contribution < 1.29 is 27.9 Å². The lowest BCUT2D eigenvalue weighted by molar-refractivity contribution is -0.137. The van der Waals surface area contributed by atoms with E-state index in [2.05, 4.69) is 5.32 Å². The fourth-order valence-corrected chi connectivity index (χ4v) is 3.53. The predicted octanol–water partition coefficient (Wildman–Crippen LogP) is 3.51. The molecule has 0 saturated heterocycles. The van der Waals surface area contributed by atoms with Crippen molar-refractivity contribution in [2.24, 2.45) is 11.6 Å². The Kier molecular flexibility index (Phi) is 8.52. The van der Waals surface area contributed by atoms with Gasteiger partial charge in [-0.1, -0.05) is 6.07 Å². The number of carboxylic acid groups (broad SMARTS) is 1. The number of halogens is 3. The van der Waals surface area contributed by atoms with Gasteiger partial charge in [0, 0.05) is 30.7 Å². The van der Waals surface area contributed by atoms with Crippen LogP contribution in [0.4, 0.5) is 18.9 Å². The van der Waals surface area contributed by atoms with Crippen LogP contribution in [0.3, 0.4) is 0 Å². The topological polar surface area (TPSA) is 127 Å². The van der Waals surface area contributed by atoms with Crippen molar-refractivity contribution in [1.82, 2.24) is 9.58 Å². The van der Waals surface area contributed by atoms with E-state index >= 15 is 0 Å². The molecule has 1 amide bonds. The molecule has 0 saturated carbocycles. The van der Waals surface area contributed by atoms with Crippen molar-refractivity contribution in [2.75, 3.05) is 11.9 Å². The maximum atomic E-state index is 13.5. The van der Waals surface area contributed by atoms with Crippen LogP contribution < -0.4 is 16.9 Å². The second kappa shape index (κ2) is 10.9. The molecule has 8 nitrogen and oxygen atoms in total. The number of anilines is 1. The lowest BCUT2D eigenvalue weighted by atomic mass is 10.1. The standard InChI is InChI=1S/C22H28F3N5O3/c1-14(2)30-16(4-3-10-29(27)11-9-26)6-8-19(30)21(33)28-18-12-15(13-20(31)32)5-7-17(18)22(23,24)25/h5-9,11-12,14H,3-4,10,13,26-27H2,1-2H3,(H,28,33)(H,31,32)/b11-9-. The summed E-state index contributed by atoms with van der Waals surface area (Å²) in [5.74, 6) is 3.83. The van der Waals surface area contributed by atoms with Crippen molar-refractivity contribution in [2.45, 2.75) is 45.3 Å². The number of carbonyl (C=O) groups excluding carboxylic acids is 1. The number of carboxylic acids is 1. The summed E-state index contributed by atoms with van der Waals surface area (Å²) in [4.78, 5) is 23.9. The fraction of sp³-hybridized carbons (Fsp3) is 0.364. The lowest BCUT2D eigenvalue weighted by Gasteiger charge is -2.19. The average Bonchev–Trinajstić information content (AvgIpc) is 3.11. The van der Waals surface area contributed by atoms with E-state index in [0.29, 0.717) is 19.4 Å². The highest BCUT2D eigenvalue weighted by Gasteiger charge is 2.34. The van der Waals surface area contributed by atoms with E-state index in [1.165, 1.54) is 17.4 Å². The Morgan fingerprint density at radius 2 is 1.94 bits per heavy atom. The molecular formula is C22H28F3N5O3. The fourth-order valence-electron chi connectivity index (χ4n) is 3.53. The first-order valence-corrected chi connectivity index (χ1v) is 10.3. The van der Waals surface area contributed by atoms with E-state index in [-0.39, 0.29) is 17.3 Å². The molecule has 0 unspecified atom stereocenters. The van der Waals surface area contributed by atoms with Gasteiger partial charge in [0.25, 0.3) is 5.91 Å². The van der Waals surface area contributed by atoms with Crippen LogP contribution in [0.25, 0.3) is 0 Å². The minimum Gasteiger partial charge on any atom is -0.481 e. The van der Waals surface area contributed by atoms with Crippen LogP contribution in [0.5, 0.6) is 0 Å². The molecule has 11 heteroatoms. The van der Waals surface area contributed by atoms with Crippen LogP contribution in [-0.4, -0.2) is 33.1 Å². The number of hydrogen-bond donors (Lipinski definition) is 4. The number of nitrogens with zero attached hydrogens (tertiary/aromatic N) is 2. The van der Waals surface area contributed by atoms with Gasteiger partial charge in [0.15, 0.2) is 0 Å². The van der Waals surface area contributed by atoms with Gasteiger partial charge < -0.3 is 25.7 Å². The van der Waals surface area contributed by atoms with Crippen LogP contribution in [0.15, 0.2) is 42.7 Å². The number of hydrazine groups is 1. The number of aryl methyl sites for hydroxylation is 1. The van der Waals surface area contributed by atoms with Crippen LogP contribution in [-0.2, 0) is 23.8 Å². The van der Waals surface area contributed by atoms with Gasteiger partial charge in [0.2, 0.25) is 0 Å². The average molecular weight is 467 g/mol. The van der Waals surface area contributed by atoms with Gasteiger partial charge in [0.05, 0.1) is 17.7 Å². The Balaban J connectivity index is 2.31. The molecule has 180 valence electrons. The first kappa shape index (κ1) is 25.8. The van der Waals surface area contributed by atoms with Crippen LogP contribution in [0.1, 0.15) is 53.6 Å². The van der Waals surface area contributed by atoms with Crippen molar-refractivity contribution in [3.63, 3.8) is 0 Å². The Morgan fingerprint density at radius 3 is 2.52 bits per heavy atom. The van der Waals surface area contributed by atoms with Crippen molar-refractivity contribution in [1.29, 1.82) is 0 Å². The number of benzene rings is 1. The zero-order valence-corrected chi connectivity index (χ0v) is 18.4. The zero-order valence-electron chi connectivity index (χ0n) is 18.4. The third-order valence-corrected chi connectivity index (χ3v) is 4.87. The molecule has 2 rings (SSSR count). The highest BCUT2D eigenvalue weighted by molar-refractivity contribution is 6.04. The molecule has 1 heterocycles. The van der Waals surface area contributed by atoms with E-state index in [4.69, 9.17) is 16.7 Å². The number of nitrogens with one attached hydrogen (secondary N) is 1. The molecule has 0 aliphatic carbocycles. The quantitative estimate of drug-likeness (QED) is 0.313. The zero-order chi connectivity index (χ0) is 24.8. The van der Waals surface area contributed by atoms with Crippen molar-refractivity contribution in [3.8, 4) is 0 Å². The molecule has 0 aliphatic rings. The van der Waals surface area contributed by atoms with Crippen LogP contribution in [0, 0.1) is 0 Å². The Labute approximate surface area is 189 Å². The lowest BCUT2D eigenvalue weighted by Crippen LogP contribution is -2.27. The smallest absolute Gasteiger partial charge is 0.418 e. The van der Waals surface area contributed by atoms with Gasteiger partial charge in [-0.2, -0.15) is 13.2 Å². The number of amides is 1. The normalized spacial score (nSPS) is 11.8. The highest BCUT2D eigenvalue weighted by atomic mass is 19.4. The van der Waals surface area contributed by atoms with Crippen molar-refractivity contribution >= 4 is 17.6 Å². The first-order chi connectivity index (χ1) is 15.4. The SMILES string of the molecule is CC(C)n1c(CCCN(N)/C=C\N)ccc1C(=O)Nc1cc(CC(=O)O)ccc1C(F)(F)F. The molecule has 0 radical (unpaired) electrons. The van der Waals surface area contributed by atoms with Crippen LogP contribution >= 0.6 is 0 Å². The predicted molar refractivity (Wildman–Crippen MR) is 118 cm³/mol. The summed E-state index contributed by atoms with van der Waals surface area (Å²) in [5, 5.41) is 12.7. The van der Waals surface area contributed by atoms with Crippen LogP contribution in [0.2, 0.25) is 0 Å². The summed E-state index contributed by atoms with van der Waals surface area (Å²) in [6, 6.07) is 6.07. The molecule has 2 aromatic rings. The van der Waals surface area contributed by atoms with E-state index in [1.54, 1.807) is 16.7 Å². The largest absolute Gasteiger partial charge is 0.481 e. The number of rotatable bonds is 10. The maximum absolute atomic E-state index is 13.5. The van der Waals surface area contributed by atoms with E-state index in [9.17, 15) is 22.8 Å². The maximum Gasteiger partial charge on any atom is 0.418 e. The van der Waals surface area contributed by atoms with Gasteiger partial charge >= 0.3 is 12.1 Å². The molecule has 0 bridgehead atoms. The Morgan fingerprint density at radius 1 is 1.24 bits per heavy atom. The number of carbonyl (C=O) groups is 2. The summed E-state index contributed by atoms with van der Waals surface area (Å²) < 4.78 is 42.2. The molecule has 0 spiro atoms. The Bertz CT molecular complexity index is 1020. The third-order valence-electron chi connectivity index (χ3n) is 4.87. The van der Waals surface area contributed by atoms with E-state index in [1.807, 2.05) is 13.8 Å². The minimum atomic E-state index is -4.72. The molecular weight excluding hydrogens is 439 g/mol. The number of hydrogen-bond acceptors (Lipinski definition) is 5. The second-order valence-electron chi connectivity index (χ2n) is 7.76. The summed E-state index contributed by atoms with van der Waals surface area (Å²) in [5.41, 5.74) is 4.92. The van der Waals surface area contributed by atoms with Gasteiger partial charge in [-0.05, 0) is 56.5 Å². The molecule has 0 fully saturated rings. The summed E-state index contributed by atoms with van der Waals surface area (Å²) in [7, 11) is 0. The number of alkyl halides is 3. The molecule has 1 aromatic carbocycles. The van der Waals surface area contributed by atoms with Gasteiger partial charge in [-0.25, -0.2) is 5.84 Å². The molecule has 33 heavy (non-hydrogen) atoms. The summed E-state index contributed by atoms with van der Waals surface area (Å²) in [6.45, 7) is 4.24.